The number of ketones is 2. The molecule has 1 aliphatic rings. The molecule has 0 unspecified atom stereocenters. The average molecular weight is 350 g/mol. The number of carbonyl (C=O) groups excluding carboxylic acids is 2. The number of Topliss-reactive ketones (excluding diaryl/α,β-unsaturated/α-hetero) is 2. The largest absolute Gasteiger partial charge is 0.483 e. The highest BCUT2D eigenvalue weighted by atomic mass is 127. The zero-order valence-corrected chi connectivity index (χ0v) is 12.4. The van der Waals surface area contributed by atoms with E-state index in [2.05, 4.69) is 0 Å². The lowest BCUT2D eigenvalue weighted by atomic mass is 10.2. The van der Waals surface area contributed by atoms with Crippen molar-refractivity contribution in [2.75, 3.05) is 0 Å². The van der Waals surface area contributed by atoms with Crippen molar-refractivity contribution in [2.45, 2.75) is 39.9 Å². The van der Waals surface area contributed by atoms with Crippen LogP contribution in [0.1, 0.15) is 27.7 Å². The van der Waals surface area contributed by atoms with Crippen LogP contribution < -0.4 is 0 Å². The smallest absolute Gasteiger partial charge is 0.236 e. The van der Waals surface area contributed by atoms with Crippen LogP contribution in [-0.2, 0) is 19.1 Å². The molecule has 0 spiro atoms. The molecule has 0 fully saturated rings. The van der Waals surface area contributed by atoms with Gasteiger partial charge < -0.3 is 9.47 Å². The van der Waals surface area contributed by atoms with Crippen LogP contribution in [0.2, 0.25) is 0 Å². The van der Waals surface area contributed by atoms with Gasteiger partial charge in [0.1, 0.15) is 0 Å². The van der Waals surface area contributed by atoms with E-state index < -0.39 is 11.6 Å². The van der Waals surface area contributed by atoms with Crippen molar-refractivity contribution < 1.29 is 19.1 Å². The Balaban J connectivity index is 3.15. The van der Waals surface area contributed by atoms with Crippen molar-refractivity contribution in [2.24, 2.45) is 0 Å². The molecule has 4 nitrogen and oxygen atoms in total. The number of hydrogen-bond acceptors (Lipinski definition) is 4. The molecule has 0 heterocycles. The van der Waals surface area contributed by atoms with Crippen molar-refractivity contribution in [3.05, 3.63) is 21.2 Å². The first kappa shape index (κ1) is 14.2. The van der Waals surface area contributed by atoms with Crippen LogP contribution >= 0.6 is 22.6 Å². The van der Waals surface area contributed by atoms with Crippen LogP contribution in [-0.4, -0.2) is 23.8 Å². The molecule has 17 heavy (non-hydrogen) atoms. The molecule has 0 aliphatic heterocycles. The topological polar surface area (TPSA) is 52.6 Å². The van der Waals surface area contributed by atoms with Crippen LogP contribution in [0.15, 0.2) is 21.2 Å². The maximum atomic E-state index is 11.9. The second-order valence-corrected chi connectivity index (χ2v) is 4.80. The summed E-state index contributed by atoms with van der Waals surface area (Å²) < 4.78 is 12.2. The lowest BCUT2D eigenvalue weighted by molar-refractivity contribution is -0.118. The number of carbonyl (C=O) groups is 2. The van der Waals surface area contributed by atoms with E-state index in [-0.39, 0.29) is 29.3 Å². The second-order valence-electron chi connectivity index (χ2n) is 4.17. The molecule has 0 aromatic rings. The Kier molecular flexibility index (Phi) is 4.73. The number of hydrogen-bond donors (Lipinski definition) is 0. The fourth-order valence-electron chi connectivity index (χ4n) is 1.34. The second kappa shape index (κ2) is 5.66. The zero-order chi connectivity index (χ0) is 13.2. The number of allylic oxidation sites excluding steroid dienone is 2. The molecule has 94 valence electrons. The molecule has 0 aromatic carbocycles. The van der Waals surface area contributed by atoms with Crippen molar-refractivity contribution in [3.63, 3.8) is 0 Å². The predicted molar refractivity (Wildman–Crippen MR) is 71.6 cm³/mol. The van der Waals surface area contributed by atoms with Crippen molar-refractivity contribution >= 4 is 34.2 Å². The van der Waals surface area contributed by atoms with E-state index in [9.17, 15) is 9.59 Å². The van der Waals surface area contributed by atoms with Gasteiger partial charge in [0.25, 0.3) is 0 Å². The summed E-state index contributed by atoms with van der Waals surface area (Å²) in [4.78, 5) is 23.8. The van der Waals surface area contributed by atoms with Crippen LogP contribution in [0.5, 0.6) is 0 Å². The minimum absolute atomic E-state index is 0.0293. The quantitative estimate of drug-likeness (QED) is 0.444. The summed E-state index contributed by atoms with van der Waals surface area (Å²) in [6.45, 7) is 7.18. The summed E-state index contributed by atoms with van der Waals surface area (Å²) in [7, 11) is 0. The lowest BCUT2D eigenvalue weighted by Gasteiger charge is -2.13. The molecule has 0 saturated carbocycles. The van der Waals surface area contributed by atoms with Gasteiger partial charge in [0, 0.05) is 0 Å². The number of halogens is 1. The maximum Gasteiger partial charge on any atom is 0.236 e. The zero-order valence-electron chi connectivity index (χ0n) is 10.2. The fourth-order valence-corrected chi connectivity index (χ4v) is 1.90. The Morgan fingerprint density at radius 2 is 1.29 bits per heavy atom. The van der Waals surface area contributed by atoms with Gasteiger partial charge in [-0.25, -0.2) is 0 Å². The van der Waals surface area contributed by atoms with E-state index in [1.807, 2.05) is 22.6 Å². The summed E-state index contributed by atoms with van der Waals surface area (Å²) in [6, 6.07) is 0. The third-order valence-corrected chi connectivity index (χ3v) is 2.55. The van der Waals surface area contributed by atoms with Crippen molar-refractivity contribution in [1.29, 1.82) is 0 Å². The molecule has 1 rings (SSSR count). The van der Waals surface area contributed by atoms with Gasteiger partial charge in [0.05, 0.1) is 17.8 Å². The maximum absolute atomic E-state index is 11.9. The molecule has 0 radical (unpaired) electrons. The van der Waals surface area contributed by atoms with E-state index in [1.165, 1.54) is 4.08 Å². The molecule has 1 aliphatic carbocycles. The highest BCUT2D eigenvalue weighted by molar-refractivity contribution is 14.1. The van der Waals surface area contributed by atoms with Crippen LogP contribution in [0, 0.1) is 0 Å². The third-order valence-electron chi connectivity index (χ3n) is 1.92. The van der Waals surface area contributed by atoms with Gasteiger partial charge in [-0.3, -0.25) is 9.59 Å². The van der Waals surface area contributed by atoms with E-state index in [4.69, 9.17) is 9.47 Å². The Hall–Kier alpha value is -0.850. The Morgan fingerprint density at radius 1 is 0.941 bits per heavy atom. The molecular weight excluding hydrogens is 335 g/mol. The minimum Gasteiger partial charge on any atom is -0.483 e. The van der Waals surface area contributed by atoms with E-state index in [0.29, 0.717) is 0 Å². The summed E-state index contributed by atoms with van der Waals surface area (Å²) in [5, 5.41) is 0. The standard InChI is InChI=1S/C12H15IO4/c1-6(2)16-11-9(14)8(5-13)10(15)12(11)17-7(3)4/h5-7H,1-4H3. The van der Waals surface area contributed by atoms with Gasteiger partial charge in [-0.2, -0.15) is 0 Å². The van der Waals surface area contributed by atoms with E-state index in [0.717, 1.165) is 0 Å². The molecule has 5 heteroatoms. The van der Waals surface area contributed by atoms with E-state index in [1.54, 1.807) is 27.7 Å². The Labute approximate surface area is 114 Å². The fraction of sp³-hybridized carbons (Fsp3) is 0.500. The van der Waals surface area contributed by atoms with Crippen LogP contribution in [0.3, 0.4) is 0 Å². The van der Waals surface area contributed by atoms with Gasteiger partial charge in [-0.05, 0) is 31.8 Å². The third kappa shape index (κ3) is 3.08. The first-order valence-corrected chi connectivity index (χ1v) is 6.60. The normalized spacial score (nSPS) is 16.3. The first-order chi connectivity index (χ1) is 7.88. The summed E-state index contributed by atoms with van der Waals surface area (Å²) in [5.41, 5.74) is 0.108. The predicted octanol–water partition coefficient (Wildman–Crippen LogP) is 2.52. The van der Waals surface area contributed by atoms with Gasteiger partial charge >= 0.3 is 0 Å². The number of rotatable bonds is 4. The summed E-state index contributed by atoms with van der Waals surface area (Å²) in [5.74, 6) is -0.731. The molecule has 0 aromatic heterocycles. The summed E-state index contributed by atoms with van der Waals surface area (Å²) in [6.07, 6.45) is -0.359. The minimum atomic E-state index is -0.395. The van der Waals surface area contributed by atoms with E-state index >= 15 is 0 Å². The highest BCUT2D eigenvalue weighted by Gasteiger charge is 2.40. The SMILES string of the molecule is CC(C)OC1=C(OC(C)C)C(=O)C(=CI)C1=O. The van der Waals surface area contributed by atoms with Gasteiger partial charge in [-0.1, -0.05) is 22.6 Å². The Bertz CT molecular complexity index is 371. The van der Waals surface area contributed by atoms with Gasteiger partial charge in [0.15, 0.2) is 0 Å². The van der Waals surface area contributed by atoms with Crippen molar-refractivity contribution in [3.8, 4) is 0 Å². The lowest BCUT2D eigenvalue weighted by Crippen LogP contribution is -2.11. The molecule has 0 atom stereocenters. The van der Waals surface area contributed by atoms with Crippen LogP contribution in [0.25, 0.3) is 0 Å². The van der Waals surface area contributed by atoms with Crippen LogP contribution in [0.4, 0.5) is 0 Å². The molecular formula is C12H15IO4. The average Bonchev–Trinajstić information content (AvgIpc) is 2.41. The Morgan fingerprint density at radius 3 is 1.53 bits per heavy atom. The molecule has 0 bridgehead atoms. The molecule has 0 saturated heterocycles. The highest BCUT2D eigenvalue weighted by Crippen LogP contribution is 2.28. The molecule has 0 amide bonds. The summed E-state index contributed by atoms with van der Waals surface area (Å²) >= 11 is 1.87. The monoisotopic (exact) mass is 350 g/mol. The van der Waals surface area contributed by atoms with Gasteiger partial charge in [0.2, 0.25) is 23.1 Å². The molecule has 0 N–H and O–H groups in total. The van der Waals surface area contributed by atoms with Gasteiger partial charge in [-0.15, -0.1) is 0 Å². The van der Waals surface area contributed by atoms with Crippen molar-refractivity contribution in [1.82, 2.24) is 0 Å². The number of ether oxygens (including phenoxy) is 2. The first-order valence-electron chi connectivity index (χ1n) is 5.35.